The van der Waals surface area contributed by atoms with Crippen molar-refractivity contribution >= 4 is 45.1 Å². The van der Waals surface area contributed by atoms with Crippen LogP contribution in [0.4, 0.5) is 0 Å². The van der Waals surface area contributed by atoms with Crippen molar-refractivity contribution in [1.82, 2.24) is 10.3 Å². The summed E-state index contributed by atoms with van der Waals surface area (Å²) in [4.78, 5) is 52.8. The molecule has 25 atom stereocenters. The number of H-pyrrole nitrogens is 1. The van der Waals surface area contributed by atoms with E-state index in [2.05, 4.69) is 40.1 Å². The first kappa shape index (κ1) is 60.5. The fourth-order valence-corrected chi connectivity index (χ4v) is 24.5. The number of hydrogen-bond donors (Lipinski definition) is 12. The predicted molar refractivity (Wildman–Crippen MR) is 326 cm³/mol. The summed E-state index contributed by atoms with van der Waals surface area (Å²) < 4.78 is 6.05. The van der Waals surface area contributed by atoms with E-state index in [0.717, 1.165) is 43.2 Å². The number of allylic oxidation sites excluding steroid dienone is 3. The number of nitrogens with one attached hydrogen (secondary N) is 2. The number of guanidine groups is 1. The van der Waals surface area contributed by atoms with Gasteiger partial charge in [-0.25, -0.2) is 0 Å². The Morgan fingerprint density at radius 2 is 1.66 bits per heavy atom. The molecule has 1 spiro atoms. The van der Waals surface area contributed by atoms with Gasteiger partial charge in [0.05, 0.1) is 54.3 Å². The van der Waals surface area contributed by atoms with E-state index in [-0.39, 0.29) is 134 Å². The van der Waals surface area contributed by atoms with Gasteiger partial charge in [0.1, 0.15) is 5.75 Å². The Morgan fingerprint density at radius 1 is 0.884 bits per heavy atom. The lowest BCUT2D eigenvalue weighted by Gasteiger charge is -2.68. The molecule has 3 heterocycles. The van der Waals surface area contributed by atoms with E-state index >= 15 is 9.90 Å². The first-order valence-corrected chi connectivity index (χ1v) is 34.5. The number of fused-ring (bicyclic) bond motifs is 8. The Kier molecular flexibility index (Phi) is 16.1. The van der Waals surface area contributed by atoms with Crippen LogP contribution in [-0.4, -0.2) is 136 Å². The Labute approximate surface area is 512 Å². The van der Waals surface area contributed by atoms with Crippen molar-refractivity contribution in [3.8, 4) is 17.6 Å². The van der Waals surface area contributed by atoms with Gasteiger partial charge in [-0.05, 0) is 177 Å². The quantitative estimate of drug-likeness (QED) is 0.0316. The zero-order valence-electron chi connectivity index (χ0n) is 49.7. The summed E-state index contributed by atoms with van der Waals surface area (Å²) in [6, 6.07) is 8.73. The van der Waals surface area contributed by atoms with Gasteiger partial charge in [-0.3, -0.25) is 19.4 Å². The minimum atomic E-state index is -2.06. The Morgan fingerprint density at radius 3 is 2.41 bits per heavy atom. The van der Waals surface area contributed by atoms with E-state index in [1.165, 1.54) is 16.4 Å². The summed E-state index contributed by atoms with van der Waals surface area (Å²) in [6.45, 7) is 5.90. The van der Waals surface area contributed by atoms with Crippen molar-refractivity contribution in [1.29, 1.82) is 0 Å². The molecule has 8 fully saturated rings. The first-order chi connectivity index (χ1) is 41.1. The second-order valence-corrected chi connectivity index (χ2v) is 31.7. The molecule has 466 valence electrons. The molecule has 1 aromatic heterocycles. The molecule has 25 unspecified atom stereocenters. The van der Waals surface area contributed by atoms with Crippen LogP contribution >= 0.6 is 21.6 Å². The second-order valence-electron chi connectivity index (χ2n) is 29.1. The van der Waals surface area contributed by atoms with E-state index in [4.69, 9.17) is 16.2 Å². The maximum Gasteiger partial charge on any atom is 0.313 e. The highest BCUT2D eigenvalue weighted by Crippen LogP contribution is 2.77. The molecule has 1 aromatic carbocycles. The highest BCUT2D eigenvalue weighted by Gasteiger charge is 2.79. The van der Waals surface area contributed by atoms with Gasteiger partial charge in [-0.15, -0.1) is 5.92 Å². The van der Waals surface area contributed by atoms with Gasteiger partial charge in [-0.1, -0.05) is 65.1 Å². The molecule has 2 aromatic rings. The van der Waals surface area contributed by atoms with Crippen molar-refractivity contribution in [3.63, 3.8) is 0 Å². The van der Waals surface area contributed by atoms with Crippen molar-refractivity contribution in [3.05, 3.63) is 76.8 Å². The van der Waals surface area contributed by atoms with Gasteiger partial charge < -0.3 is 67.4 Å². The number of phenols is 1. The van der Waals surface area contributed by atoms with Crippen molar-refractivity contribution in [2.75, 3.05) is 31.2 Å². The van der Waals surface area contributed by atoms with E-state index < -0.39 is 99.9 Å². The number of nitrogens with zero attached hydrogens (tertiary/aromatic N) is 1. The fourth-order valence-electron chi connectivity index (χ4n) is 21.7. The number of ketones is 2. The monoisotopic (exact) mass is 1220 g/mol. The molecule has 8 bridgehead atoms. The number of carbonyl (C=O) groups is 3. The number of hydrogen-bond acceptors (Lipinski definition) is 16. The van der Waals surface area contributed by atoms with E-state index in [0.29, 0.717) is 42.3 Å². The van der Waals surface area contributed by atoms with Crippen LogP contribution in [0.1, 0.15) is 127 Å². The van der Waals surface area contributed by atoms with Crippen LogP contribution in [0.2, 0.25) is 0 Å². The fraction of sp³-hybridized carbons (Fsp3) is 0.701. The number of rotatable bonds is 6. The topological polar surface area (TPSA) is 315 Å². The summed E-state index contributed by atoms with van der Waals surface area (Å²) in [5.41, 5.74) is 9.58. The first-order valence-electron chi connectivity index (χ1n) is 32.0. The molecule has 2 aliphatic heterocycles. The van der Waals surface area contributed by atoms with E-state index in [1.54, 1.807) is 29.9 Å². The average molecular weight is 1220 g/mol. The molecular formula is C67H89N5O12S2. The average Bonchev–Trinajstić information content (AvgIpc) is 1.30. The molecule has 19 heteroatoms. The second kappa shape index (κ2) is 22.8. The molecule has 13 rings (SSSR count). The van der Waals surface area contributed by atoms with Crippen molar-refractivity contribution in [2.24, 2.45) is 122 Å². The smallest absolute Gasteiger partial charge is 0.313 e. The van der Waals surface area contributed by atoms with Gasteiger partial charge in [0.2, 0.25) is 0 Å². The van der Waals surface area contributed by atoms with E-state index in [1.807, 2.05) is 37.5 Å². The number of ether oxygens (including phenoxy) is 1. The summed E-state index contributed by atoms with van der Waals surface area (Å²) in [7, 11) is 3.06. The highest BCUT2D eigenvalue weighted by atomic mass is 33.1. The van der Waals surface area contributed by atoms with Crippen LogP contribution in [0.5, 0.6) is 5.75 Å². The Bertz CT molecular complexity index is 3100. The van der Waals surface area contributed by atoms with Gasteiger partial charge in [0.15, 0.2) is 23.8 Å². The number of carbonyl (C=O) groups excluding carboxylic acids is 3. The number of nitrogens with two attached hydrogens (primary N) is 2. The number of aromatic nitrogens is 1. The number of aromatic hydroxyl groups is 1. The molecular weight excluding hydrogens is 1130 g/mol. The lowest BCUT2D eigenvalue weighted by atomic mass is 9.37. The summed E-state index contributed by atoms with van der Waals surface area (Å²) >= 11 is 0. The number of aromatic amines is 1. The maximum atomic E-state index is 16.3. The largest absolute Gasteiger partial charge is 0.508 e. The van der Waals surface area contributed by atoms with Crippen LogP contribution in [0.15, 0.2) is 70.6 Å². The van der Waals surface area contributed by atoms with Crippen LogP contribution in [0.25, 0.3) is 0 Å². The van der Waals surface area contributed by atoms with Gasteiger partial charge in [0, 0.05) is 90.1 Å². The number of aliphatic hydroxyl groups is 7. The molecule has 0 amide bonds. The van der Waals surface area contributed by atoms with Gasteiger partial charge >= 0.3 is 5.97 Å². The van der Waals surface area contributed by atoms with Crippen LogP contribution in [0.3, 0.4) is 0 Å². The van der Waals surface area contributed by atoms with Crippen LogP contribution in [-0.2, 0) is 19.1 Å². The summed E-state index contributed by atoms with van der Waals surface area (Å²) in [5, 5.41) is 104. The highest BCUT2D eigenvalue weighted by molar-refractivity contribution is 8.76. The number of aliphatic imine (C=N–C) groups is 1. The van der Waals surface area contributed by atoms with Gasteiger partial charge in [0.25, 0.3) is 0 Å². The summed E-state index contributed by atoms with van der Waals surface area (Å²) in [6.07, 6.45) is 6.13. The number of aliphatic hydroxyl groups excluding tert-OH is 4. The van der Waals surface area contributed by atoms with Crippen LogP contribution in [0, 0.1) is 117 Å². The predicted octanol–water partition coefficient (Wildman–Crippen LogP) is 5.67. The molecule has 0 radical (unpaired) electrons. The number of esters is 1. The van der Waals surface area contributed by atoms with Crippen molar-refractivity contribution in [2.45, 2.75) is 152 Å². The molecule has 11 aliphatic rings. The lowest BCUT2D eigenvalue weighted by molar-refractivity contribution is -0.233. The molecule has 6 saturated carbocycles. The minimum absolute atomic E-state index is 0.0268. The van der Waals surface area contributed by atoms with Crippen LogP contribution < -0.4 is 16.8 Å². The Balaban J connectivity index is 1.00. The third-order valence-corrected chi connectivity index (χ3v) is 27.4. The zero-order valence-corrected chi connectivity index (χ0v) is 51.3. The Hall–Kier alpha value is -4.36. The number of phenolic OH excluding ortho intramolecular Hbond substituents is 1. The normalized spacial score (nSPS) is 46.5. The number of benzene rings is 1. The third kappa shape index (κ3) is 9.67. The zero-order chi connectivity index (χ0) is 60.5. The molecule has 17 nitrogen and oxygen atoms in total. The van der Waals surface area contributed by atoms with Crippen molar-refractivity contribution < 1.29 is 60.0 Å². The minimum Gasteiger partial charge on any atom is -0.508 e. The standard InChI is InChI=1S/C67H89N5O12S2/c1-32-7-8-34-20-35-12-16-44-43(47-29-84-62(81)52(47)38-17-18-70-26-38)6-4-5-37-24-67(83)56-54(36-9-13-40(27-72-63(68)69)66(67,23-36)60(37)65(3,82)50(76)22-46(61(79)80)51(35)53(44)45(34)19-32)64(2)25-49(75)58(77)48-31-86-85-30-39(33-10-14-41(73)15-11-33)21-42(74)28-71-57(56)59(78)55(48)64/h10-11,14-15,17-18,20,26,32,35-37,39-40,43-55,58,60-61,70-71,73,75-77,79-80,82-83H,5,7-9,12-13,16,19,21-25,27-31H2,1-3H3,(H4,68,69,72). The SMILES string of the molecule is CC1CCC2=CC3CCC4C(C5COC(=O)C5c5cc[nH]c5)C#CCC5CC6(O)C7=C8NCC(=O)CC(c9ccc(O)cc9)CSSCC9C(O)C(O)CC(C)(C7C7CCC(CN=C(N)N)C6(C7)C5C(C)(O)C(O)CC(C(O)O)C3C4C2C1)C9C8=O. The summed E-state index contributed by atoms with van der Waals surface area (Å²) in [5.74, 6) is 0.395. The molecule has 2 saturated heterocycles. The molecule has 86 heavy (non-hydrogen) atoms. The lowest BCUT2D eigenvalue weighted by Crippen LogP contribution is -2.71. The maximum absolute atomic E-state index is 16.3. The third-order valence-electron chi connectivity index (χ3n) is 24.9. The number of Topliss-reactive ketones (excluding diaryl/α,β-unsaturated/α-hetero) is 2. The molecule has 9 aliphatic carbocycles. The molecule has 14 N–H and O–H groups in total. The van der Waals surface area contributed by atoms with Gasteiger partial charge in [-0.2, -0.15) is 0 Å². The van der Waals surface area contributed by atoms with E-state index in [9.17, 15) is 45.3 Å². The number of cyclic esters (lactones) is 1.